The first-order valence-corrected chi connectivity index (χ1v) is 4.83. The van der Waals surface area contributed by atoms with Crippen LogP contribution < -0.4 is 0 Å². The lowest BCUT2D eigenvalue weighted by Gasteiger charge is -2.22. The van der Waals surface area contributed by atoms with Gasteiger partial charge in [-0.25, -0.2) is 8.78 Å². The lowest BCUT2D eigenvalue weighted by atomic mass is 9.89. The van der Waals surface area contributed by atoms with E-state index in [0.717, 1.165) is 12.5 Å². The molecule has 14 heavy (non-hydrogen) atoms. The van der Waals surface area contributed by atoms with Crippen LogP contribution in [0.2, 0.25) is 5.02 Å². The lowest BCUT2D eigenvalue weighted by molar-refractivity contribution is 0.150. The predicted molar refractivity (Wildman–Crippen MR) is 49.3 cm³/mol. The minimum Gasteiger partial charge on any atom is -0.388 e. The minimum absolute atomic E-state index is 0.0428. The van der Waals surface area contributed by atoms with Gasteiger partial charge in [0.05, 0.1) is 6.10 Å². The molecule has 0 aliphatic heterocycles. The summed E-state index contributed by atoms with van der Waals surface area (Å²) in [6, 6.07) is 0.966. The highest BCUT2D eigenvalue weighted by molar-refractivity contribution is 6.31. The minimum atomic E-state index is -0.991. The summed E-state index contributed by atoms with van der Waals surface area (Å²) >= 11 is 5.77. The third kappa shape index (κ3) is 1.41. The standard InChI is InChI=1S/C10H9ClF2O/c11-6-4-7(12)10(13)9-5(6)2-1-3-8(9)14/h4,8,14H,1-3H2. The maximum Gasteiger partial charge on any atom is 0.164 e. The zero-order chi connectivity index (χ0) is 10.3. The van der Waals surface area contributed by atoms with E-state index in [9.17, 15) is 13.9 Å². The van der Waals surface area contributed by atoms with Gasteiger partial charge in [0, 0.05) is 10.6 Å². The molecule has 1 N–H and O–H groups in total. The van der Waals surface area contributed by atoms with E-state index in [1.807, 2.05) is 0 Å². The van der Waals surface area contributed by atoms with Gasteiger partial charge >= 0.3 is 0 Å². The Kier molecular flexibility index (Phi) is 2.45. The van der Waals surface area contributed by atoms with Crippen molar-refractivity contribution in [3.8, 4) is 0 Å². The molecule has 76 valence electrons. The molecular weight excluding hydrogens is 210 g/mol. The van der Waals surface area contributed by atoms with Crippen LogP contribution in [0.3, 0.4) is 0 Å². The van der Waals surface area contributed by atoms with Crippen molar-refractivity contribution in [2.45, 2.75) is 25.4 Å². The summed E-state index contributed by atoms with van der Waals surface area (Å²) in [6.45, 7) is 0. The van der Waals surface area contributed by atoms with Gasteiger partial charge in [-0.2, -0.15) is 0 Å². The summed E-state index contributed by atoms with van der Waals surface area (Å²) in [5, 5.41) is 9.73. The summed E-state index contributed by atoms with van der Waals surface area (Å²) in [4.78, 5) is 0. The molecular formula is C10H9ClF2O. The van der Waals surface area contributed by atoms with E-state index in [0.29, 0.717) is 18.4 Å². The van der Waals surface area contributed by atoms with Crippen LogP contribution in [0.15, 0.2) is 6.07 Å². The summed E-state index contributed by atoms with van der Waals surface area (Å²) in [5.41, 5.74) is 0.588. The number of fused-ring (bicyclic) bond motifs is 1. The molecule has 0 spiro atoms. The van der Waals surface area contributed by atoms with Gasteiger partial charge in [0.25, 0.3) is 0 Å². The molecule has 0 saturated heterocycles. The Bertz CT molecular complexity index is 379. The van der Waals surface area contributed by atoms with Crippen molar-refractivity contribution >= 4 is 11.6 Å². The van der Waals surface area contributed by atoms with Gasteiger partial charge in [-0.3, -0.25) is 0 Å². The van der Waals surface area contributed by atoms with Gasteiger partial charge in [-0.15, -0.1) is 0 Å². The third-order valence-electron chi connectivity index (χ3n) is 2.55. The average Bonchev–Trinajstić information content (AvgIpc) is 2.14. The highest BCUT2D eigenvalue weighted by Gasteiger charge is 2.26. The molecule has 1 atom stereocenters. The first-order valence-electron chi connectivity index (χ1n) is 4.45. The first kappa shape index (κ1) is 9.87. The van der Waals surface area contributed by atoms with Crippen molar-refractivity contribution in [3.63, 3.8) is 0 Å². The Morgan fingerprint density at radius 2 is 2.14 bits per heavy atom. The predicted octanol–water partition coefficient (Wildman–Crippen LogP) is 2.99. The fourth-order valence-electron chi connectivity index (χ4n) is 1.87. The van der Waals surface area contributed by atoms with Gasteiger partial charge in [0.1, 0.15) is 0 Å². The van der Waals surface area contributed by atoms with Gasteiger partial charge in [0.15, 0.2) is 11.6 Å². The van der Waals surface area contributed by atoms with Gasteiger partial charge in [0.2, 0.25) is 0 Å². The SMILES string of the molecule is OC1CCCc2c(Cl)cc(F)c(F)c21. The van der Waals surface area contributed by atoms with Crippen LogP contribution in [0.4, 0.5) is 8.78 Å². The topological polar surface area (TPSA) is 20.2 Å². The van der Waals surface area contributed by atoms with Gasteiger partial charge in [-0.1, -0.05) is 11.6 Å². The summed E-state index contributed by atoms with van der Waals surface area (Å²) in [5.74, 6) is -1.95. The zero-order valence-electron chi connectivity index (χ0n) is 7.36. The molecule has 1 nitrogen and oxygen atoms in total. The molecule has 1 aliphatic carbocycles. The Hall–Kier alpha value is -0.670. The Labute approximate surface area is 85.3 Å². The molecule has 1 aromatic carbocycles. The van der Waals surface area contributed by atoms with E-state index in [-0.39, 0.29) is 10.6 Å². The quantitative estimate of drug-likeness (QED) is 0.664. The number of hydrogen-bond acceptors (Lipinski definition) is 1. The number of benzene rings is 1. The summed E-state index contributed by atoms with van der Waals surface area (Å²) < 4.78 is 26.3. The lowest BCUT2D eigenvalue weighted by Crippen LogP contribution is -2.13. The van der Waals surface area contributed by atoms with Crippen molar-refractivity contribution in [2.75, 3.05) is 0 Å². The van der Waals surface area contributed by atoms with Crippen LogP contribution in [-0.2, 0) is 6.42 Å². The summed E-state index contributed by atoms with van der Waals surface area (Å²) in [6.07, 6.45) is 0.886. The van der Waals surface area contributed by atoms with Crippen LogP contribution in [0.1, 0.15) is 30.1 Å². The molecule has 0 aromatic heterocycles. The number of rotatable bonds is 0. The first-order chi connectivity index (χ1) is 6.61. The van der Waals surface area contributed by atoms with Crippen molar-refractivity contribution < 1.29 is 13.9 Å². The molecule has 0 radical (unpaired) electrons. The van der Waals surface area contributed by atoms with Gasteiger partial charge in [-0.05, 0) is 30.9 Å². The van der Waals surface area contributed by atoms with E-state index in [1.165, 1.54) is 0 Å². The van der Waals surface area contributed by atoms with Crippen molar-refractivity contribution in [1.29, 1.82) is 0 Å². The average molecular weight is 219 g/mol. The van der Waals surface area contributed by atoms with Gasteiger partial charge < -0.3 is 5.11 Å². The Morgan fingerprint density at radius 3 is 2.86 bits per heavy atom. The van der Waals surface area contributed by atoms with E-state index in [2.05, 4.69) is 0 Å². The van der Waals surface area contributed by atoms with E-state index >= 15 is 0 Å². The maximum atomic E-state index is 13.3. The van der Waals surface area contributed by atoms with Crippen molar-refractivity contribution in [1.82, 2.24) is 0 Å². The second-order valence-electron chi connectivity index (χ2n) is 3.45. The molecule has 0 bridgehead atoms. The zero-order valence-corrected chi connectivity index (χ0v) is 8.11. The molecule has 1 aromatic rings. The second kappa shape index (κ2) is 3.48. The Morgan fingerprint density at radius 1 is 1.43 bits per heavy atom. The van der Waals surface area contributed by atoms with Crippen molar-refractivity contribution in [3.05, 3.63) is 33.9 Å². The van der Waals surface area contributed by atoms with Crippen molar-refractivity contribution in [2.24, 2.45) is 0 Å². The maximum absolute atomic E-state index is 13.3. The molecule has 0 heterocycles. The fraction of sp³-hybridized carbons (Fsp3) is 0.400. The van der Waals surface area contributed by atoms with E-state index < -0.39 is 17.7 Å². The summed E-state index contributed by atoms with van der Waals surface area (Å²) in [7, 11) is 0. The second-order valence-corrected chi connectivity index (χ2v) is 3.86. The Balaban J connectivity index is 2.67. The van der Waals surface area contributed by atoms with Crippen LogP contribution in [0, 0.1) is 11.6 Å². The molecule has 4 heteroatoms. The van der Waals surface area contributed by atoms with Crippen LogP contribution in [-0.4, -0.2) is 5.11 Å². The molecule has 0 amide bonds. The molecule has 1 aliphatic rings. The normalized spacial score (nSPS) is 20.7. The molecule has 0 saturated carbocycles. The van der Waals surface area contributed by atoms with E-state index in [1.54, 1.807) is 0 Å². The highest BCUT2D eigenvalue weighted by atomic mass is 35.5. The monoisotopic (exact) mass is 218 g/mol. The number of halogens is 3. The van der Waals surface area contributed by atoms with Crippen LogP contribution in [0.25, 0.3) is 0 Å². The molecule has 2 rings (SSSR count). The largest absolute Gasteiger partial charge is 0.388 e. The van der Waals surface area contributed by atoms with Crippen LogP contribution in [0.5, 0.6) is 0 Å². The number of aliphatic hydroxyl groups is 1. The molecule has 0 fully saturated rings. The molecule has 1 unspecified atom stereocenters. The third-order valence-corrected chi connectivity index (χ3v) is 2.89. The highest BCUT2D eigenvalue weighted by Crippen LogP contribution is 2.36. The fourth-order valence-corrected chi connectivity index (χ4v) is 2.16. The number of aliphatic hydroxyl groups excluding tert-OH is 1. The number of hydrogen-bond donors (Lipinski definition) is 1. The van der Waals surface area contributed by atoms with E-state index in [4.69, 9.17) is 11.6 Å². The van der Waals surface area contributed by atoms with Crippen LogP contribution >= 0.6 is 11.6 Å². The smallest absolute Gasteiger partial charge is 0.164 e.